The number of rotatable bonds is 55. The number of ether oxygens (including phenoxy) is 3. The molecule has 69 heavy (non-hydrogen) atoms. The Kier molecular flexibility index (Phi) is 55.7. The van der Waals surface area contributed by atoms with Crippen LogP contribution in [-0.2, 0) is 28.6 Å². The Hall–Kier alpha value is -2.63. The fourth-order valence-electron chi connectivity index (χ4n) is 8.75. The van der Waals surface area contributed by atoms with E-state index in [9.17, 15) is 14.4 Å². The molecule has 0 fully saturated rings. The largest absolute Gasteiger partial charge is 0.462 e. The summed E-state index contributed by atoms with van der Waals surface area (Å²) < 4.78 is 16.9. The van der Waals surface area contributed by atoms with Gasteiger partial charge in [0.25, 0.3) is 0 Å². The average molecular weight is 968 g/mol. The molecule has 0 radical (unpaired) electrons. The van der Waals surface area contributed by atoms with Gasteiger partial charge in [-0.2, -0.15) is 0 Å². The van der Waals surface area contributed by atoms with Crippen LogP contribution in [0.1, 0.15) is 316 Å². The number of hydrogen-bond donors (Lipinski definition) is 0. The van der Waals surface area contributed by atoms with Gasteiger partial charge in [-0.05, 0) is 77.0 Å². The van der Waals surface area contributed by atoms with Crippen molar-refractivity contribution in [3.05, 3.63) is 48.6 Å². The lowest BCUT2D eigenvalue weighted by molar-refractivity contribution is -0.167. The molecular weight excluding hydrogens is 853 g/mol. The normalized spacial score (nSPS) is 12.3. The Balaban J connectivity index is 4.26. The minimum absolute atomic E-state index is 0.0782. The summed E-state index contributed by atoms with van der Waals surface area (Å²) in [5.74, 6) is -0.887. The number of esters is 3. The summed E-state index contributed by atoms with van der Waals surface area (Å²) in [5, 5.41) is 0. The van der Waals surface area contributed by atoms with Gasteiger partial charge in [0, 0.05) is 19.3 Å². The number of carbonyl (C=O) groups is 3. The van der Waals surface area contributed by atoms with E-state index in [1.807, 2.05) is 0 Å². The molecule has 0 aliphatic carbocycles. The highest BCUT2D eigenvalue weighted by molar-refractivity contribution is 5.71. The monoisotopic (exact) mass is 967 g/mol. The summed E-state index contributed by atoms with van der Waals surface area (Å²) >= 11 is 0. The smallest absolute Gasteiger partial charge is 0.306 e. The Bertz CT molecular complexity index is 1200. The van der Waals surface area contributed by atoms with Crippen molar-refractivity contribution in [3.63, 3.8) is 0 Å². The first-order valence-corrected chi connectivity index (χ1v) is 30.1. The second-order valence-electron chi connectivity index (χ2n) is 20.3. The van der Waals surface area contributed by atoms with Crippen molar-refractivity contribution in [2.45, 2.75) is 322 Å². The lowest BCUT2D eigenvalue weighted by Gasteiger charge is -2.18. The summed E-state index contributed by atoms with van der Waals surface area (Å²) in [6.45, 7) is 6.57. The maximum Gasteiger partial charge on any atom is 0.306 e. The van der Waals surface area contributed by atoms with Crippen molar-refractivity contribution in [2.24, 2.45) is 0 Å². The van der Waals surface area contributed by atoms with Gasteiger partial charge in [0.2, 0.25) is 0 Å². The molecule has 0 saturated carbocycles. The van der Waals surface area contributed by atoms with Crippen LogP contribution in [0.3, 0.4) is 0 Å². The van der Waals surface area contributed by atoms with Crippen LogP contribution in [0, 0.1) is 0 Å². The molecule has 1 unspecified atom stereocenters. The topological polar surface area (TPSA) is 78.9 Å². The number of unbranched alkanes of at least 4 members (excludes halogenated alkanes) is 36. The van der Waals surface area contributed by atoms with Crippen molar-refractivity contribution in [3.8, 4) is 0 Å². The van der Waals surface area contributed by atoms with Crippen LogP contribution in [0.15, 0.2) is 48.6 Å². The first-order chi connectivity index (χ1) is 34.0. The predicted octanol–water partition coefficient (Wildman–Crippen LogP) is 20.2. The van der Waals surface area contributed by atoms with Crippen molar-refractivity contribution in [1.82, 2.24) is 0 Å². The maximum atomic E-state index is 12.9. The highest BCUT2D eigenvalue weighted by Gasteiger charge is 2.19. The summed E-state index contributed by atoms with van der Waals surface area (Å²) in [6, 6.07) is 0. The van der Waals surface area contributed by atoms with E-state index in [0.29, 0.717) is 19.3 Å². The van der Waals surface area contributed by atoms with Crippen LogP contribution in [0.25, 0.3) is 0 Å². The highest BCUT2D eigenvalue weighted by Crippen LogP contribution is 2.17. The van der Waals surface area contributed by atoms with Crippen molar-refractivity contribution >= 4 is 17.9 Å². The first-order valence-electron chi connectivity index (χ1n) is 30.1. The molecule has 0 rings (SSSR count). The zero-order valence-electron chi connectivity index (χ0n) is 46.1. The lowest BCUT2D eigenvalue weighted by Crippen LogP contribution is -2.30. The fraction of sp³-hybridized carbons (Fsp3) is 0.825. The van der Waals surface area contributed by atoms with Crippen molar-refractivity contribution in [2.75, 3.05) is 13.2 Å². The minimum Gasteiger partial charge on any atom is -0.462 e. The highest BCUT2D eigenvalue weighted by atomic mass is 16.6. The van der Waals surface area contributed by atoms with Crippen molar-refractivity contribution in [1.29, 1.82) is 0 Å². The summed E-state index contributed by atoms with van der Waals surface area (Å²) in [4.78, 5) is 38.1. The third-order valence-corrected chi connectivity index (χ3v) is 13.3. The quantitative estimate of drug-likeness (QED) is 0.0262. The van der Waals surface area contributed by atoms with Crippen LogP contribution in [-0.4, -0.2) is 37.2 Å². The van der Waals surface area contributed by atoms with E-state index < -0.39 is 6.10 Å². The van der Waals surface area contributed by atoms with E-state index in [0.717, 1.165) is 96.3 Å². The van der Waals surface area contributed by atoms with Crippen LogP contribution < -0.4 is 0 Å². The molecule has 0 N–H and O–H groups in total. The molecule has 1 atom stereocenters. The molecule has 0 aromatic rings. The van der Waals surface area contributed by atoms with E-state index in [4.69, 9.17) is 14.2 Å². The molecule has 0 spiro atoms. The van der Waals surface area contributed by atoms with E-state index in [1.54, 1.807) is 0 Å². The Morgan fingerprint density at radius 2 is 0.551 bits per heavy atom. The van der Waals surface area contributed by atoms with Gasteiger partial charge in [-0.25, -0.2) is 0 Å². The minimum atomic E-state index is -0.781. The molecule has 0 saturated heterocycles. The molecule has 0 bridgehead atoms. The van der Waals surface area contributed by atoms with E-state index in [-0.39, 0.29) is 31.1 Å². The molecule has 0 amide bonds. The molecule has 0 aliphatic heterocycles. The Morgan fingerprint density at radius 1 is 0.290 bits per heavy atom. The van der Waals surface area contributed by atoms with Gasteiger partial charge in [0.15, 0.2) is 6.10 Å². The predicted molar refractivity (Wildman–Crippen MR) is 298 cm³/mol. The molecular formula is C63H114O6. The van der Waals surface area contributed by atoms with Gasteiger partial charge >= 0.3 is 17.9 Å². The molecule has 0 aromatic heterocycles. The van der Waals surface area contributed by atoms with E-state index >= 15 is 0 Å². The molecule has 0 heterocycles. The third-order valence-electron chi connectivity index (χ3n) is 13.3. The molecule has 6 nitrogen and oxygen atoms in total. The molecule has 0 aliphatic rings. The van der Waals surface area contributed by atoms with Crippen LogP contribution in [0.4, 0.5) is 0 Å². The van der Waals surface area contributed by atoms with Crippen molar-refractivity contribution < 1.29 is 28.6 Å². The second-order valence-corrected chi connectivity index (χ2v) is 20.3. The van der Waals surface area contributed by atoms with Gasteiger partial charge in [-0.3, -0.25) is 14.4 Å². The van der Waals surface area contributed by atoms with Gasteiger partial charge in [-0.1, -0.05) is 268 Å². The molecule has 0 aromatic carbocycles. The number of hydrogen-bond acceptors (Lipinski definition) is 6. The van der Waals surface area contributed by atoms with Gasteiger partial charge in [-0.15, -0.1) is 0 Å². The molecule has 6 heteroatoms. The summed E-state index contributed by atoms with van der Waals surface area (Å²) in [7, 11) is 0. The molecule has 402 valence electrons. The average Bonchev–Trinajstić information content (AvgIpc) is 3.35. The van der Waals surface area contributed by atoms with Crippen LogP contribution in [0.5, 0.6) is 0 Å². The van der Waals surface area contributed by atoms with E-state index in [1.165, 1.54) is 180 Å². The lowest BCUT2D eigenvalue weighted by atomic mass is 10.0. The van der Waals surface area contributed by atoms with Gasteiger partial charge in [0.05, 0.1) is 0 Å². The SMILES string of the molecule is CCC/C=C\CCCCCCCC(=O)OCC(COC(=O)CCCCCCCCCCCCCCCCCCCCCCCC)OC(=O)CCCCCCCC/C=C\C/C=C\C/C=C\CCCCC. The standard InChI is InChI=1S/C63H114O6/c1-4-7-10-13-16-19-22-24-26-28-30-31-32-34-35-37-39-41-44-47-50-53-56-62(65)68-59-60(58-67-61(64)55-52-49-46-43-21-18-15-12-9-6-3)69-63(66)57-54-51-48-45-42-40-38-36-33-29-27-25-23-20-17-14-11-8-5-2/h12,15,17,20,25,27,33,36,60H,4-11,13-14,16,18-19,21-24,26,28-32,34-35,37-59H2,1-3H3/b15-12-,20-17-,27-25-,36-33-. The van der Waals surface area contributed by atoms with E-state index in [2.05, 4.69) is 69.4 Å². The Labute approximate surface area is 428 Å². The maximum absolute atomic E-state index is 12.9. The summed E-state index contributed by atoms with van der Waals surface area (Å²) in [5.41, 5.74) is 0. The van der Waals surface area contributed by atoms with Crippen LogP contribution in [0.2, 0.25) is 0 Å². The second kappa shape index (κ2) is 57.9. The Morgan fingerprint density at radius 3 is 0.913 bits per heavy atom. The zero-order valence-corrected chi connectivity index (χ0v) is 46.1. The zero-order chi connectivity index (χ0) is 50.0. The first kappa shape index (κ1) is 66.4. The van der Waals surface area contributed by atoms with Crippen LogP contribution >= 0.6 is 0 Å². The van der Waals surface area contributed by atoms with Gasteiger partial charge in [0.1, 0.15) is 13.2 Å². The number of carbonyl (C=O) groups excluding carboxylic acids is 3. The number of allylic oxidation sites excluding steroid dienone is 8. The third kappa shape index (κ3) is 56.2. The van der Waals surface area contributed by atoms with Gasteiger partial charge < -0.3 is 14.2 Å². The fourth-order valence-corrected chi connectivity index (χ4v) is 8.75. The summed E-state index contributed by atoms with van der Waals surface area (Å²) in [6.07, 6.45) is 71.2.